The van der Waals surface area contributed by atoms with Crippen molar-refractivity contribution in [2.45, 2.75) is 37.9 Å². The molecule has 1 aromatic heterocycles. The van der Waals surface area contributed by atoms with Crippen LogP contribution in [0.4, 0.5) is 0 Å². The van der Waals surface area contributed by atoms with Gasteiger partial charge in [-0.1, -0.05) is 11.8 Å². The number of hydrogen-bond donors (Lipinski definition) is 1. The molecule has 0 spiro atoms. The third-order valence-corrected chi connectivity index (χ3v) is 2.62. The summed E-state index contributed by atoms with van der Waals surface area (Å²) < 4.78 is 1.80. The van der Waals surface area contributed by atoms with Crippen LogP contribution in [0.5, 0.6) is 0 Å². The van der Waals surface area contributed by atoms with E-state index in [0.29, 0.717) is 0 Å². The van der Waals surface area contributed by atoms with Crippen LogP contribution in [-0.4, -0.2) is 37.7 Å². The first-order valence-corrected chi connectivity index (χ1v) is 5.57. The van der Waals surface area contributed by atoms with Crippen molar-refractivity contribution < 1.29 is 5.11 Å². The lowest BCUT2D eigenvalue weighted by atomic mass is 10.1. The Labute approximate surface area is 87.9 Å². The van der Waals surface area contributed by atoms with E-state index in [0.717, 1.165) is 17.3 Å². The van der Waals surface area contributed by atoms with Crippen LogP contribution in [0.15, 0.2) is 5.16 Å². The van der Waals surface area contributed by atoms with Crippen molar-refractivity contribution in [3.05, 3.63) is 0 Å². The van der Waals surface area contributed by atoms with Gasteiger partial charge >= 0.3 is 0 Å². The third-order valence-electron chi connectivity index (χ3n) is 1.61. The van der Waals surface area contributed by atoms with Crippen molar-refractivity contribution in [1.29, 1.82) is 0 Å². The van der Waals surface area contributed by atoms with Gasteiger partial charge in [0, 0.05) is 12.4 Å². The van der Waals surface area contributed by atoms with Crippen LogP contribution in [0.25, 0.3) is 0 Å². The molecule has 0 atom stereocenters. The fourth-order valence-corrected chi connectivity index (χ4v) is 1.90. The number of tetrazole rings is 1. The van der Waals surface area contributed by atoms with E-state index >= 15 is 0 Å². The van der Waals surface area contributed by atoms with E-state index < -0.39 is 0 Å². The number of rotatable bonds is 4. The number of hydrogen-bond acceptors (Lipinski definition) is 5. The van der Waals surface area contributed by atoms with Crippen molar-refractivity contribution >= 4 is 11.8 Å². The molecule has 0 saturated carbocycles. The molecule has 5 nitrogen and oxygen atoms in total. The lowest BCUT2D eigenvalue weighted by molar-refractivity contribution is 0.296. The Hall–Kier alpha value is -0.620. The van der Waals surface area contributed by atoms with E-state index in [1.165, 1.54) is 0 Å². The summed E-state index contributed by atoms with van der Waals surface area (Å²) in [6.45, 7) is 6.38. The maximum absolute atomic E-state index is 8.65. The molecule has 0 aliphatic heterocycles. The summed E-state index contributed by atoms with van der Waals surface area (Å²) in [6, 6.07) is 0. The highest BCUT2D eigenvalue weighted by atomic mass is 32.2. The normalized spacial score (nSPS) is 12.0. The smallest absolute Gasteiger partial charge is 0.209 e. The molecule has 6 heteroatoms. The van der Waals surface area contributed by atoms with E-state index in [1.807, 2.05) is 0 Å². The molecule has 0 radical (unpaired) electrons. The Balaban J connectivity index is 2.63. The topological polar surface area (TPSA) is 63.8 Å². The zero-order valence-electron chi connectivity index (χ0n) is 8.77. The summed E-state index contributed by atoms with van der Waals surface area (Å²) in [5, 5.41) is 21.0. The predicted molar refractivity (Wildman–Crippen MR) is 55.2 cm³/mol. The zero-order valence-corrected chi connectivity index (χ0v) is 9.58. The Morgan fingerprint density at radius 1 is 1.43 bits per heavy atom. The predicted octanol–water partition coefficient (Wildman–Crippen LogP) is 0.903. The molecule has 0 aliphatic rings. The first kappa shape index (κ1) is 11.5. The molecule has 1 aromatic rings. The minimum Gasteiger partial charge on any atom is -0.396 e. The van der Waals surface area contributed by atoms with Crippen molar-refractivity contribution in [3.63, 3.8) is 0 Å². The van der Waals surface area contributed by atoms with Crippen molar-refractivity contribution in [1.82, 2.24) is 20.2 Å². The van der Waals surface area contributed by atoms with Crippen LogP contribution >= 0.6 is 11.8 Å². The Morgan fingerprint density at radius 3 is 2.71 bits per heavy atom. The highest BCUT2D eigenvalue weighted by molar-refractivity contribution is 7.99. The van der Waals surface area contributed by atoms with E-state index in [4.69, 9.17) is 5.11 Å². The maximum Gasteiger partial charge on any atom is 0.209 e. The van der Waals surface area contributed by atoms with E-state index in [9.17, 15) is 0 Å². The SMILES string of the molecule is CC(C)(C)n1nnnc1SCCCO. The average Bonchev–Trinajstić information content (AvgIpc) is 2.52. The van der Waals surface area contributed by atoms with Crippen molar-refractivity contribution in [2.75, 3.05) is 12.4 Å². The lowest BCUT2D eigenvalue weighted by Crippen LogP contribution is -2.24. The molecule has 1 N–H and O–H groups in total. The van der Waals surface area contributed by atoms with Gasteiger partial charge in [-0.15, -0.1) is 5.10 Å². The summed E-state index contributed by atoms with van der Waals surface area (Å²) in [6.07, 6.45) is 0.766. The Bertz CT molecular complexity index is 281. The summed E-state index contributed by atoms with van der Waals surface area (Å²) in [5.41, 5.74) is -0.0922. The lowest BCUT2D eigenvalue weighted by Gasteiger charge is -2.19. The number of aromatic nitrogens is 4. The van der Waals surface area contributed by atoms with Crippen LogP contribution in [0.3, 0.4) is 0 Å². The molecule has 1 rings (SSSR count). The van der Waals surface area contributed by atoms with Crippen LogP contribution in [0.2, 0.25) is 0 Å². The van der Waals surface area contributed by atoms with E-state index in [1.54, 1.807) is 16.4 Å². The number of aliphatic hydroxyl groups excluding tert-OH is 1. The third kappa shape index (κ3) is 2.95. The summed E-state index contributed by atoms with van der Waals surface area (Å²) in [7, 11) is 0. The molecule has 0 amide bonds. The van der Waals surface area contributed by atoms with Gasteiger partial charge in [0.25, 0.3) is 0 Å². The van der Waals surface area contributed by atoms with E-state index in [-0.39, 0.29) is 12.1 Å². The quantitative estimate of drug-likeness (QED) is 0.598. The van der Waals surface area contributed by atoms with Gasteiger partial charge in [-0.25, -0.2) is 4.68 Å². The molecule has 0 aromatic carbocycles. The highest BCUT2D eigenvalue weighted by Gasteiger charge is 2.19. The van der Waals surface area contributed by atoms with Gasteiger partial charge in [0.05, 0.1) is 5.54 Å². The van der Waals surface area contributed by atoms with Crippen LogP contribution in [-0.2, 0) is 5.54 Å². The molecule has 0 bridgehead atoms. The second kappa shape index (κ2) is 4.75. The molecule has 0 fully saturated rings. The van der Waals surface area contributed by atoms with Gasteiger partial charge in [0.1, 0.15) is 0 Å². The number of aliphatic hydroxyl groups is 1. The minimum atomic E-state index is -0.0922. The number of thioether (sulfide) groups is 1. The molecule has 1 heterocycles. The summed E-state index contributed by atoms with van der Waals surface area (Å²) in [4.78, 5) is 0. The summed E-state index contributed by atoms with van der Waals surface area (Å²) in [5.74, 6) is 0.840. The average molecular weight is 216 g/mol. The van der Waals surface area contributed by atoms with Gasteiger partial charge in [0.2, 0.25) is 5.16 Å². The molecule has 0 aliphatic carbocycles. The second-order valence-corrected chi connectivity index (χ2v) is 5.03. The minimum absolute atomic E-state index is 0.0922. The first-order chi connectivity index (χ1) is 6.55. The van der Waals surface area contributed by atoms with Gasteiger partial charge in [-0.2, -0.15) is 0 Å². The first-order valence-electron chi connectivity index (χ1n) is 4.58. The van der Waals surface area contributed by atoms with Crippen LogP contribution in [0, 0.1) is 0 Å². The monoisotopic (exact) mass is 216 g/mol. The van der Waals surface area contributed by atoms with E-state index in [2.05, 4.69) is 36.3 Å². The second-order valence-electron chi connectivity index (χ2n) is 3.97. The fourth-order valence-electron chi connectivity index (χ4n) is 0.918. The Morgan fingerprint density at radius 2 is 2.14 bits per heavy atom. The van der Waals surface area contributed by atoms with Gasteiger partial charge in [-0.05, 0) is 37.6 Å². The van der Waals surface area contributed by atoms with Gasteiger partial charge in [0.15, 0.2) is 0 Å². The maximum atomic E-state index is 8.65. The largest absolute Gasteiger partial charge is 0.396 e. The summed E-state index contributed by atoms with van der Waals surface area (Å²) >= 11 is 1.57. The highest BCUT2D eigenvalue weighted by Crippen LogP contribution is 2.21. The molecular formula is C8H16N4OS. The molecule has 80 valence electrons. The molecular weight excluding hydrogens is 200 g/mol. The van der Waals surface area contributed by atoms with Crippen molar-refractivity contribution in [3.8, 4) is 0 Å². The number of nitrogens with zero attached hydrogens (tertiary/aromatic N) is 4. The zero-order chi connectivity index (χ0) is 10.6. The van der Waals surface area contributed by atoms with Gasteiger partial charge in [-0.3, -0.25) is 0 Å². The van der Waals surface area contributed by atoms with Crippen molar-refractivity contribution in [2.24, 2.45) is 0 Å². The fraction of sp³-hybridized carbons (Fsp3) is 0.875. The molecule has 14 heavy (non-hydrogen) atoms. The van der Waals surface area contributed by atoms with Gasteiger partial charge < -0.3 is 5.11 Å². The Kier molecular flexibility index (Phi) is 3.88. The van der Waals surface area contributed by atoms with Crippen LogP contribution < -0.4 is 0 Å². The molecule has 0 unspecified atom stereocenters. The van der Waals surface area contributed by atoms with Crippen LogP contribution in [0.1, 0.15) is 27.2 Å². The molecule has 0 saturated heterocycles. The standard InChI is InChI=1S/C8H16N4OS/c1-8(2,3)12-7(9-10-11-12)14-6-4-5-13/h13H,4-6H2,1-3H3.